The molecule has 2 saturated heterocycles. The highest BCUT2D eigenvalue weighted by Gasteiger charge is 2.37. The van der Waals surface area contributed by atoms with Gasteiger partial charge in [0.2, 0.25) is 0 Å². The van der Waals surface area contributed by atoms with E-state index in [1.807, 2.05) is 18.9 Å². The zero-order valence-corrected chi connectivity index (χ0v) is 14.7. The Morgan fingerprint density at radius 3 is 2.62 bits per heavy atom. The summed E-state index contributed by atoms with van der Waals surface area (Å²) in [7, 11) is 1.85. The molecule has 4 rings (SSSR count). The second kappa shape index (κ2) is 6.37. The smallest absolute Gasteiger partial charge is 0.289 e. The van der Waals surface area contributed by atoms with E-state index < -0.39 is 0 Å². The molecule has 2 atom stereocenters. The maximum atomic E-state index is 13.4. The molecule has 2 fully saturated rings. The summed E-state index contributed by atoms with van der Waals surface area (Å²) in [5.74, 6) is -0.0897. The first-order valence-corrected chi connectivity index (χ1v) is 8.25. The van der Waals surface area contributed by atoms with Gasteiger partial charge in [-0.25, -0.2) is 4.39 Å². The van der Waals surface area contributed by atoms with Crippen molar-refractivity contribution in [3.8, 4) is 0 Å². The average Bonchev–Trinajstić information content (AvgIpc) is 3.05. The Morgan fingerprint density at radius 1 is 1.29 bits per heavy atom. The Hall–Kier alpha value is -1.59. The minimum absolute atomic E-state index is 0. The van der Waals surface area contributed by atoms with E-state index in [1.165, 1.54) is 25.0 Å². The zero-order valence-electron chi connectivity index (χ0n) is 13.8. The number of benzene rings is 1. The fourth-order valence-corrected chi connectivity index (χ4v) is 4.07. The fraction of sp³-hybridized carbons (Fsp3) is 0.500. The van der Waals surface area contributed by atoms with Crippen molar-refractivity contribution < 1.29 is 13.6 Å². The number of nitrogens with one attached hydrogen (secondary N) is 1. The number of carbonyl (C=O) groups is 1. The van der Waals surface area contributed by atoms with E-state index in [-0.39, 0.29) is 30.2 Å². The molecule has 2 bridgehead atoms. The van der Waals surface area contributed by atoms with Gasteiger partial charge in [-0.1, -0.05) is 0 Å². The van der Waals surface area contributed by atoms with Crippen molar-refractivity contribution in [1.82, 2.24) is 10.2 Å². The Kier molecular flexibility index (Phi) is 4.58. The molecule has 24 heavy (non-hydrogen) atoms. The minimum Gasteiger partial charge on any atom is -0.451 e. The number of amides is 1. The van der Waals surface area contributed by atoms with E-state index >= 15 is 0 Å². The van der Waals surface area contributed by atoms with Crippen LogP contribution in [-0.4, -0.2) is 36.0 Å². The average molecular weight is 353 g/mol. The van der Waals surface area contributed by atoms with Gasteiger partial charge in [-0.3, -0.25) is 4.79 Å². The van der Waals surface area contributed by atoms with Crippen LogP contribution in [-0.2, 0) is 0 Å². The van der Waals surface area contributed by atoms with E-state index in [2.05, 4.69) is 5.32 Å². The van der Waals surface area contributed by atoms with Crippen molar-refractivity contribution in [2.45, 2.75) is 50.7 Å². The molecule has 1 aromatic carbocycles. The first-order chi connectivity index (χ1) is 11.0. The van der Waals surface area contributed by atoms with Gasteiger partial charge < -0.3 is 14.6 Å². The molecular formula is C18H22ClFN2O2. The SMILES string of the molecule is Cc1c(C(=O)N(C)C2CC3CCC(C2)N3)oc2ccc(F)cc12.Cl. The van der Waals surface area contributed by atoms with Gasteiger partial charge in [0.1, 0.15) is 11.4 Å². The third kappa shape index (κ3) is 2.80. The number of hydrogen-bond donors (Lipinski definition) is 1. The first-order valence-electron chi connectivity index (χ1n) is 8.25. The first kappa shape index (κ1) is 17.2. The standard InChI is InChI=1S/C18H21FN2O2.ClH/c1-10-15-7-11(19)3-6-16(15)23-17(10)18(22)21(2)14-8-12-4-5-13(9-14)20-12;/h3,6-7,12-14,20H,4-5,8-9H2,1-2H3;1H. The molecule has 1 aromatic heterocycles. The molecule has 6 heteroatoms. The summed E-state index contributed by atoms with van der Waals surface area (Å²) in [6.07, 6.45) is 4.39. The van der Waals surface area contributed by atoms with Gasteiger partial charge in [0, 0.05) is 36.1 Å². The summed E-state index contributed by atoms with van der Waals surface area (Å²) >= 11 is 0. The van der Waals surface area contributed by atoms with Crippen molar-refractivity contribution in [3.05, 3.63) is 35.3 Å². The summed E-state index contributed by atoms with van der Waals surface area (Å²) in [5, 5.41) is 4.26. The van der Waals surface area contributed by atoms with E-state index in [0.717, 1.165) is 12.8 Å². The summed E-state index contributed by atoms with van der Waals surface area (Å²) in [5.41, 5.74) is 1.28. The third-order valence-corrected chi connectivity index (χ3v) is 5.41. The normalized spacial score (nSPS) is 25.5. The molecular weight excluding hydrogens is 331 g/mol. The van der Waals surface area contributed by atoms with Crippen LogP contribution in [0.2, 0.25) is 0 Å². The van der Waals surface area contributed by atoms with E-state index in [9.17, 15) is 9.18 Å². The maximum Gasteiger partial charge on any atom is 0.289 e. The number of fused-ring (bicyclic) bond motifs is 3. The molecule has 1 N–H and O–H groups in total. The highest BCUT2D eigenvalue weighted by Crippen LogP contribution is 2.32. The van der Waals surface area contributed by atoms with Crippen molar-refractivity contribution in [2.24, 2.45) is 0 Å². The number of hydrogen-bond acceptors (Lipinski definition) is 3. The van der Waals surface area contributed by atoms with Gasteiger partial charge in [0.05, 0.1) is 0 Å². The Labute approximate surface area is 146 Å². The van der Waals surface area contributed by atoms with Crippen LogP contribution in [0.1, 0.15) is 41.8 Å². The molecule has 1 amide bonds. The van der Waals surface area contributed by atoms with Crippen LogP contribution in [0.4, 0.5) is 4.39 Å². The van der Waals surface area contributed by atoms with Gasteiger partial charge in [0.25, 0.3) is 5.91 Å². The lowest BCUT2D eigenvalue weighted by Crippen LogP contribution is -2.48. The summed E-state index contributed by atoms with van der Waals surface area (Å²) in [4.78, 5) is 14.7. The number of nitrogens with zero attached hydrogens (tertiary/aromatic N) is 1. The van der Waals surface area contributed by atoms with E-state index in [0.29, 0.717) is 34.4 Å². The van der Waals surface area contributed by atoms with E-state index in [1.54, 1.807) is 6.07 Å². The number of rotatable bonds is 2. The molecule has 2 aromatic rings. The van der Waals surface area contributed by atoms with Gasteiger partial charge in [0.15, 0.2) is 5.76 Å². The minimum atomic E-state index is -0.316. The highest BCUT2D eigenvalue weighted by atomic mass is 35.5. The van der Waals surface area contributed by atoms with Crippen LogP contribution < -0.4 is 5.32 Å². The Balaban J connectivity index is 0.00000169. The monoisotopic (exact) mass is 352 g/mol. The van der Waals surface area contributed by atoms with Crippen LogP contribution in [0.5, 0.6) is 0 Å². The maximum absolute atomic E-state index is 13.4. The van der Waals surface area contributed by atoms with Gasteiger partial charge >= 0.3 is 0 Å². The Morgan fingerprint density at radius 2 is 1.96 bits per heavy atom. The van der Waals surface area contributed by atoms with Gasteiger partial charge in [-0.15, -0.1) is 12.4 Å². The molecule has 2 aliphatic heterocycles. The lowest BCUT2D eigenvalue weighted by Gasteiger charge is -2.35. The number of carbonyl (C=O) groups excluding carboxylic acids is 1. The summed E-state index contributed by atoms with van der Waals surface area (Å²) in [6.45, 7) is 1.82. The molecule has 130 valence electrons. The van der Waals surface area contributed by atoms with Crippen molar-refractivity contribution in [3.63, 3.8) is 0 Å². The molecule has 2 aliphatic rings. The van der Waals surface area contributed by atoms with Crippen LogP contribution in [0.3, 0.4) is 0 Å². The van der Waals surface area contributed by atoms with Crippen molar-refractivity contribution >= 4 is 29.3 Å². The quantitative estimate of drug-likeness (QED) is 0.897. The van der Waals surface area contributed by atoms with Crippen LogP contribution in [0, 0.1) is 12.7 Å². The summed E-state index contributed by atoms with van der Waals surface area (Å²) < 4.78 is 19.1. The molecule has 2 unspecified atom stereocenters. The van der Waals surface area contributed by atoms with Crippen LogP contribution >= 0.6 is 12.4 Å². The van der Waals surface area contributed by atoms with Crippen LogP contribution in [0.25, 0.3) is 11.0 Å². The summed E-state index contributed by atoms with van der Waals surface area (Å²) in [6, 6.07) is 5.66. The number of halogens is 2. The molecule has 0 aliphatic carbocycles. The van der Waals surface area contributed by atoms with Crippen molar-refractivity contribution in [2.75, 3.05) is 7.05 Å². The van der Waals surface area contributed by atoms with Crippen molar-refractivity contribution in [1.29, 1.82) is 0 Å². The lowest BCUT2D eigenvalue weighted by atomic mass is 9.98. The molecule has 0 saturated carbocycles. The van der Waals surface area contributed by atoms with Gasteiger partial charge in [-0.05, 0) is 50.8 Å². The predicted octanol–water partition coefficient (Wildman–Crippen LogP) is 3.66. The predicted molar refractivity (Wildman–Crippen MR) is 93.2 cm³/mol. The largest absolute Gasteiger partial charge is 0.451 e. The zero-order chi connectivity index (χ0) is 16.1. The third-order valence-electron chi connectivity index (χ3n) is 5.41. The second-order valence-electron chi connectivity index (χ2n) is 6.88. The topological polar surface area (TPSA) is 45.5 Å². The molecule has 4 nitrogen and oxygen atoms in total. The van der Waals surface area contributed by atoms with Crippen LogP contribution in [0.15, 0.2) is 22.6 Å². The number of piperidine rings is 1. The lowest BCUT2D eigenvalue weighted by molar-refractivity contribution is 0.0651. The number of aryl methyl sites for hydroxylation is 1. The highest BCUT2D eigenvalue weighted by molar-refractivity contribution is 5.99. The van der Waals surface area contributed by atoms with E-state index in [4.69, 9.17) is 4.42 Å². The molecule has 0 radical (unpaired) electrons. The Bertz CT molecular complexity index is 764. The fourth-order valence-electron chi connectivity index (χ4n) is 4.07. The second-order valence-corrected chi connectivity index (χ2v) is 6.88. The molecule has 3 heterocycles. The van der Waals surface area contributed by atoms with Gasteiger partial charge in [-0.2, -0.15) is 0 Å². The number of furan rings is 1. The molecule has 0 spiro atoms.